The fraction of sp³-hybridized carbons (Fsp3) is 0.500. The summed E-state index contributed by atoms with van der Waals surface area (Å²) in [5.41, 5.74) is 0.756. The van der Waals surface area contributed by atoms with E-state index < -0.39 is 0 Å². The third kappa shape index (κ3) is 6.81. The van der Waals surface area contributed by atoms with Gasteiger partial charge in [0.2, 0.25) is 5.91 Å². The van der Waals surface area contributed by atoms with Gasteiger partial charge in [0.15, 0.2) is 5.96 Å². The molecule has 0 aromatic heterocycles. The molecule has 0 saturated carbocycles. The Balaban J connectivity index is 0.00000338. The Morgan fingerprint density at radius 1 is 1.23 bits per heavy atom. The number of guanidine groups is 1. The zero-order valence-electron chi connectivity index (χ0n) is 15.2. The number of hydrogen-bond donors (Lipinski definition) is 2. The average molecular weight is 474 g/mol. The van der Waals surface area contributed by atoms with Crippen LogP contribution in [-0.2, 0) is 14.3 Å². The SMILES string of the molecule is CCNC(=NCC(=O)Nc1ccccc1)N1CCC(C(=O)OC)CC1.I. The van der Waals surface area contributed by atoms with E-state index >= 15 is 0 Å². The zero-order valence-corrected chi connectivity index (χ0v) is 17.6. The van der Waals surface area contributed by atoms with Gasteiger partial charge in [0, 0.05) is 25.3 Å². The quantitative estimate of drug-likeness (QED) is 0.296. The standard InChI is InChI=1S/C18H26N4O3.HI/c1-3-19-18(22-11-9-14(10-12-22)17(24)25-2)20-13-16(23)21-15-7-5-4-6-8-15;/h4-8,14H,3,9-13H2,1-2H3,(H,19,20)(H,21,23);1H. The van der Waals surface area contributed by atoms with Crippen molar-refractivity contribution in [1.29, 1.82) is 0 Å². The zero-order chi connectivity index (χ0) is 18.1. The summed E-state index contributed by atoms with van der Waals surface area (Å²) in [5.74, 6) is 0.342. The third-order valence-corrected chi connectivity index (χ3v) is 4.09. The fourth-order valence-electron chi connectivity index (χ4n) is 2.79. The van der Waals surface area contributed by atoms with Gasteiger partial charge in [-0.05, 0) is 31.9 Å². The minimum atomic E-state index is -0.161. The van der Waals surface area contributed by atoms with Gasteiger partial charge in [-0.2, -0.15) is 0 Å². The second-order valence-electron chi connectivity index (χ2n) is 5.87. The number of aliphatic imine (C=N–C) groups is 1. The smallest absolute Gasteiger partial charge is 0.308 e. The van der Waals surface area contributed by atoms with Crippen LogP contribution in [0.15, 0.2) is 35.3 Å². The number of carbonyl (C=O) groups is 2. The molecule has 1 heterocycles. The van der Waals surface area contributed by atoms with Crippen molar-refractivity contribution in [2.75, 3.05) is 38.6 Å². The number of nitrogens with one attached hydrogen (secondary N) is 2. The molecule has 0 spiro atoms. The molecular weight excluding hydrogens is 447 g/mol. The van der Waals surface area contributed by atoms with Gasteiger partial charge < -0.3 is 20.3 Å². The molecule has 1 aliphatic heterocycles. The minimum Gasteiger partial charge on any atom is -0.469 e. The monoisotopic (exact) mass is 474 g/mol. The molecule has 0 atom stereocenters. The van der Waals surface area contributed by atoms with E-state index in [1.165, 1.54) is 7.11 Å². The van der Waals surface area contributed by atoms with Crippen LogP contribution in [0.5, 0.6) is 0 Å². The van der Waals surface area contributed by atoms with E-state index in [-0.39, 0.29) is 48.3 Å². The lowest BCUT2D eigenvalue weighted by molar-refractivity contribution is -0.146. The minimum absolute atomic E-state index is 0. The molecule has 2 N–H and O–H groups in total. The van der Waals surface area contributed by atoms with Gasteiger partial charge in [0.25, 0.3) is 0 Å². The second-order valence-corrected chi connectivity index (χ2v) is 5.87. The number of nitrogens with zero attached hydrogens (tertiary/aromatic N) is 2. The number of para-hydroxylation sites is 1. The molecule has 0 unspecified atom stereocenters. The van der Waals surface area contributed by atoms with Crippen LogP contribution in [0.1, 0.15) is 19.8 Å². The molecule has 0 bridgehead atoms. The van der Waals surface area contributed by atoms with Crippen LogP contribution < -0.4 is 10.6 Å². The van der Waals surface area contributed by atoms with Crippen LogP contribution in [0.4, 0.5) is 5.69 Å². The second kappa shape index (κ2) is 11.7. The van der Waals surface area contributed by atoms with E-state index in [2.05, 4.69) is 20.5 Å². The highest BCUT2D eigenvalue weighted by Crippen LogP contribution is 2.18. The maximum Gasteiger partial charge on any atom is 0.308 e. The number of anilines is 1. The number of ether oxygens (including phenoxy) is 1. The Hall–Kier alpha value is -1.84. The van der Waals surface area contributed by atoms with Crippen molar-refractivity contribution in [3.8, 4) is 0 Å². The van der Waals surface area contributed by atoms with Gasteiger partial charge in [0.05, 0.1) is 13.0 Å². The van der Waals surface area contributed by atoms with E-state index in [0.29, 0.717) is 19.0 Å². The number of amides is 1. The first kappa shape index (κ1) is 22.2. The van der Waals surface area contributed by atoms with Crippen LogP contribution in [0.2, 0.25) is 0 Å². The highest BCUT2D eigenvalue weighted by Gasteiger charge is 2.27. The molecule has 0 radical (unpaired) electrons. The van der Waals surface area contributed by atoms with Crippen molar-refractivity contribution in [2.24, 2.45) is 10.9 Å². The largest absolute Gasteiger partial charge is 0.469 e. The Kier molecular flexibility index (Phi) is 10.0. The number of esters is 1. The van der Waals surface area contributed by atoms with Crippen LogP contribution in [0.3, 0.4) is 0 Å². The lowest BCUT2D eigenvalue weighted by Gasteiger charge is -2.33. The van der Waals surface area contributed by atoms with Gasteiger partial charge in [-0.1, -0.05) is 18.2 Å². The number of halogens is 1. The summed E-state index contributed by atoms with van der Waals surface area (Å²) in [6.45, 7) is 4.18. The van der Waals surface area contributed by atoms with Crippen molar-refractivity contribution >= 4 is 47.5 Å². The van der Waals surface area contributed by atoms with E-state index in [0.717, 1.165) is 25.1 Å². The topological polar surface area (TPSA) is 83.0 Å². The summed E-state index contributed by atoms with van der Waals surface area (Å²) < 4.78 is 4.81. The van der Waals surface area contributed by atoms with Crippen LogP contribution >= 0.6 is 24.0 Å². The summed E-state index contributed by atoms with van der Waals surface area (Å²) in [5, 5.41) is 6.03. The van der Waals surface area contributed by atoms with Gasteiger partial charge in [0.1, 0.15) is 6.54 Å². The van der Waals surface area contributed by atoms with Gasteiger partial charge in [-0.15, -0.1) is 24.0 Å². The highest BCUT2D eigenvalue weighted by atomic mass is 127. The molecule has 144 valence electrons. The van der Waals surface area contributed by atoms with Crippen molar-refractivity contribution in [3.63, 3.8) is 0 Å². The molecule has 1 aromatic rings. The third-order valence-electron chi connectivity index (χ3n) is 4.09. The Morgan fingerprint density at radius 3 is 2.46 bits per heavy atom. The molecule has 2 rings (SSSR count). The van der Waals surface area contributed by atoms with Crippen LogP contribution in [0.25, 0.3) is 0 Å². The molecule has 8 heteroatoms. The van der Waals surface area contributed by atoms with Crippen molar-refractivity contribution in [2.45, 2.75) is 19.8 Å². The van der Waals surface area contributed by atoms with E-state index in [4.69, 9.17) is 4.74 Å². The van der Waals surface area contributed by atoms with Crippen LogP contribution in [0, 0.1) is 5.92 Å². The van der Waals surface area contributed by atoms with Crippen molar-refractivity contribution in [1.82, 2.24) is 10.2 Å². The lowest BCUT2D eigenvalue weighted by Crippen LogP contribution is -2.47. The fourth-order valence-corrected chi connectivity index (χ4v) is 2.79. The van der Waals surface area contributed by atoms with Gasteiger partial charge in [-0.25, -0.2) is 4.99 Å². The van der Waals surface area contributed by atoms with Gasteiger partial charge in [-0.3, -0.25) is 9.59 Å². The van der Waals surface area contributed by atoms with Crippen LogP contribution in [-0.4, -0.2) is 56.0 Å². The highest BCUT2D eigenvalue weighted by molar-refractivity contribution is 14.0. The Bertz CT molecular complexity index is 602. The molecule has 1 aliphatic rings. The molecular formula is C18H27IN4O3. The molecule has 7 nitrogen and oxygen atoms in total. The number of likely N-dealkylation sites (tertiary alicyclic amines) is 1. The van der Waals surface area contributed by atoms with E-state index in [1.54, 1.807) is 0 Å². The Labute approximate surface area is 171 Å². The van der Waals surface area contributed by atoms with E-state index in [1.807, 2.05) is 37.3 Å². The summed E-state index contributed by atoms with van der Waals surface area (Å²) in [4.78, 5) is 30.2. The molecule has 0 aliphatic carbocycles. The van der Waals surface area contributed by atoms with Crippen molar-refractivity contribution in [3.05, 3.63) is 30.3 Å². The molecule has 1 aromatic carbocycles. The first-order valence-electron chi connectivity index (χ1n) is 8.60. The normalized spacial score (nSPS) is 15.0. The number of methoxy groups -OCH3 is 1. The lowest BCUT2D eigenvalue weighted by atomic mass is 9.97. The molecule has 1 amide bonds. The van der Waals surface area contributed by atoms with Gasteiger partial charge >= 0.3 is 5.97 Å². The molecule has 26 heavy (non-hydrogen) atoms. The number of carbonyl (C=O) groups excluding carboxylic acids is 2. The summed E-state index contributed by atoms with van der Waals surface area (Å²) >= 11 is 0. The number of rotatable bonds is 5. The van der Waals surface area contributed by atoms with E-state index in [9.17, 15) is 9.59 Å². The first-order chi connectivity index (χ1) is 12.1. The number of benzene rings is 1. The van der Waals surface area contributed by atoms with Crippen molar-refractivity contribution < 1.29 is 14.3 Å². The first-order valence-corrected chi connectivity index (χ1v) is 8.60. The maximum absolute atomic E-state index is 12.1. The number of piperidine rings is 1. The summed E-state index contributed by atoms with van der Waals surface area (Å²) in [6.07, 6.45) is 1.46. The predicted molar refractivity (Wildman–Crippen MR) is 113 cm³/mol. The summed E-state index contributed by atoms with van der Waals surface area (Å²) in [7, 11) is 1.42. The predicted octanol–water partition coefficient (Wildman–Crippen LogP) is 2.09. The maximum atomic E-state index is 12.1. The Morgan fingerprint density at radius 2 is 1.88 bits per heavy atom. The molecule has 1 saturated heterocycles. The average Bonchev–Trinajstić information content (AvgIpc) is 2.65. The molecule has 1 fully saturated rings. The number of hydrogen-bond acceptors (Lipinski definition) is 4. The summed E-state index contributed by atoms with van der Waals surface area (Å²) in [6, 6.07) is 9.31.